The molecule has 21 heavy (non-hydrogen) atoms. The first-order valence-electron chi connectivity index (χ1n) is 8.18. The summed E-state index contributed by atoms with van der Waals surface area (Å²) in [6.07, 6.45) is 9.13. The smallest absolute Gasteiger partial charge is 0.249 e. The molecule has 1 heterocycles. The van der Waals surface area contributed by atoms with Crippen molar-refractivity contribution in [2.75, 3.05) is 18.6 Å². The van der Waals surface area contributed by atoms with Crippen molar-refractivity contribution in [3.8, 4) is 0 Å². The van der Waals surface area contributed by atoms with E-state index in [1.165, 1.54) is 6.42 Å². The highest BCUT2D eigenvalue weighted by Gasteiger charge is 2.60. The Hall–Kier alpha value is -0.710. The summed E-state index contributed by atoms with van der Waals surface area (Å²) in [7, 11) is 0. The van der Waals surface area contributed by atoms with Gasteiger partial charge >= 0.3 is 0 Å². The second kappa shape index (κ2) is 5.49. The number of thioether (sulfide) groups is 1. The van der Waals surface area contributed by atoms with Gasteiger partial charge in [0.05, 0.1) is 0 Å². The molecule has 1 spiro atoms. The van der Waals surface area contributed by atoms with Crippen LogP contribution in [0.3, 0.4) is 0 Å². The van der Waals surface area contributed by atoms with Crippen LogP contribution in [0, 0.1) is 5.92 Å². The molecular weight excluding hydrogens is 284 g/mol. The minimum absolute atomic E-state index is 0.109. The summed E-state index contributed by atoms with van der Waals surface area (Å²) in [5, 5.41) is 3.13. The zero-order chi connectivity index (χ0) is 15.1. The minimum atomic E-state index is -0.655. The molecule has 1 aliphatic heterocycles. The number of piperazine rings is 1. The van der Waals surface area contributed by atoms with Crippen LogP contribution < -0.4 is 5.32 Å². The molecule has 1 N–H and O–H groups in total. The Morgan fingerprint density at radius 1 is 1.24 bits per heavy atom. The van der Waals surface area contributed by atoms with Gasteiger partial charge in [-0.25, -0.2) is 0 Å². The van der Waals surface area contributed by atoms with Crippen LogP contribution in [0.1, 0.15) is 51.9 Å². The normalized spacial score (nSPS) is 32.4. The average molecular weight is 310 g/mol. The van der Waals surface area contributed by atoms with E-state index in [1.54, 1.807) is 11.8 Å². The Morgan fingerprint density at radius 3 is 2.48 bits per heavy atom. The van der Waals surface area contributed by atoms with Crippen LogP contribution in [0.4, 0.5) is 0 Å². The van der Waals surface area contributed by atoms with Crippen LogP contribution in [0.25, 0.3) is 0 Å². The summed E-state index contributed by atoms with van der Waals surface area (Å²) in [6, 6.07) is 0. The van der Waals surface area contributed by atoms with E-state index in [1.807, 2.05) is 11.8 Å². The van der Waals surface area contributed by atoms with Gasteiger partial charge in [0, 0.05) is 12.3 Å². The molecule has 4 nitrogen and oxygen atoms in total. The minimum Gasteiger partial charge on any atom is -0.340 e. The fraction of sp³-hybridized carbons (Fsp3) is 0.875. The van der Waals surface area contributed by atoms with Crippen LogP contribution in [0.2, 0.25) is 0 Å². The fourth-order valence-electron chi connectivity index (χ4n) is 4.07. The van der Waals surface area contributed by atoms with Crippen molar-refractivity contribution in [2.45, 2.75) is 62.9 Å². The highest BCUT2D eigenvalue weighted by atomic mass is 32.2. The highest BCUT2D eigenvalue weighted by molar-refractivity contribution is 7.98. The predicted molar refractivity (Wildman–Crippen MR) is 85.2 cm³/mol. The van der Waals surface area contributed by atoms with Crippen molar-refractivity contribution >= 4 is 23.6 Å². The SMILES string of the molecule is CSCCN1C(=O)C(C)(C2CC2)NC(=O)C12CCCCC2. The van der Waals surface area contributed by atoms with E-state index in [2.05, 4.69) is 11.6 Å². The van der Waals surface area contributed by atoms with E-state index in [9.17, 15) is 9.59 Å². The number of rotatable bonds is 4. The summed E-state index contributed by atoms with van der Waals surface area (Å²) in [6.45, 7) is 2.64. The van der Waals surface area contributed by atoms with Crippen molar-refractivity contribution in [3.05, 3.63) is 0 Å². The van der Waals surface area contributed by atoms with Crippen LogP contribution in [-0.2, 0) is 9.59 Å². The molecule has 2 saturated carbocycles. The molecule has 1 atom stereocenters. The van der Waals surface area contributed by atoms with Gasteiger partial charge in [-0.3, -0.25) is 9.59 Å². The number of hydrogen-bond donors (Lipinski definition) is 1. The van der Waals surface area contributed by atoms with Gasteiger partial charge in [0.25, 0.3) is 0 Å². The molecule has 1 saturated heterocycles. The molecule has 2 amide bonds. The molecular formula is C16H26N2O2S. The molecule has 0 radical (unpaired) electrons. The van der Waals surface area contributed by atoms with Gasteiger partial charge in [0.2, 0.25) is 11.8 Å². The molecule has 2 aliphatic carbocycles. The lowest BCUT2D eigenvalue weighted by Gasteiger charge is -2.53. The molecule has 5 heteroatoms. The molecule has 1 unspecified atom stereocenters. The maximum atomic E-state index is 13.2. The third-order valence-corrected chi connectivity index (χ3v) is 6.19. The van der Waals surface area contributed by atoms with Crippen molar-refractivity contribution < 1.29 is 9.59 Å². The number of amides is 2. The molecule has 3 fully saturated rings. The molecule has 0 aromatic heterocycles. The number of carbonyl (C=O) groups is 2. The van der Waals surface area contributed by atoms with E-state index in [-0.39, 0.29) is 11.8 Å². The van der Waals surface area contributed by atoms with Crippen molar-refractivity contribution in [1.29, 1.82) is 0 Å². The lowest BCUT2D eigenvalue weighted by molar-refractivity contribution is -0.165. The van der Waals surface area contributed by atoms with Gasteiger partial charge in [-0.2, -0.15) is 11.8 Å². The van der Waals surface area contributed by atoms with Crippen molar-refractivity contribution in [1.82, 2.24) is 10.2 Å². The molecule has 0 bridgehead atoms. The molecule has 3 aliphatic rings. The maximum absolute atomic E-state index is 13.2. The monoisotopic (exact) mass is 310 g/mol. The Morgan fingerprint density at radius 2 is 1.90 bits per heavy atom. The van der Waals surface area contributed by atoms with Gasteiger partial charge in [0.15, 0.2) is 0 Å². The van der Waals surface area contributed by atoms with Gasteiger partial charge in [-0.05, 0) is 44.8 Å². The Kier molecular flexibility index (Phi) is 3.97. The molecule has 118 valence electrons. The van der Waals surface area contributed by atoms with E-state index in [0.29, 0.717) is 12.5 Å². The van der Waals surface area contributed by atoms with Crippen LogP contribution >= 0.6 is 11.8 Å². The molecule has 3 rings (SSSR count). The highest BCUT2D eigenvalue weighted by Crippen LogP contribution is 2.46. The van der Waals surface area contributed by atoms with Crippen molar-refractivity contribution in [3.63, 3.8) is 0 Å². The van der Waals surface area contributed by atoms with Crippen LogP contribution in [0.5, 0.6) is 0 Å². The van der Waals surface area contributed by atoms with Crippen LogP contribution in [-0.4, -0.2) is 46.3 Å². The van der Waals surface area contributed by atoms with E-state index >= 15 is 0 Å². The lowest BCUT2D eigenvalue weighted by atomic mass is 9.74. The summed E-state index contributed by atoms with van der Waals surface area (Å²) in [5.41, 5.74) is -1.21. The number of nitrogens with one attached hydrogen (secondary N) is 1. The van der Waals surface area contributed by atoms with Crippen molar-refractivity contribution in [2.24, 2.45) is 5.92 Å². The van der Waals surface area contributed by atoms with E-state index in [0.717, 1.165) is 44.3 Å². The summed E-state index contributed by atoms with van der Waals surface area (Å²) in [5.74, 6) is 1.52. The third kappa shape index (κ3) is 2.37. The number of nitrogens with zero attached hydrogens (tertiary/aromatic N) is 1. The quantitative estimate of drug-likeness (QED) is 0.866. The van der Waals surface area contributed by atoms with Gasteiger partial charge in [-0.15, -0.1) is 0 Å². The zero-order valence-electron chi connectivity index (χ0n) is 13.1. The fourth-order valence-corrected chi connectivity index (χ4v) is 4.44. The standard InChI is InChI=1S/C16H26N2O2S/c1-15(12-6-7-12)14(20)18(10-11-21-2)16(13(19)17-15)8-4-3-5-9-16/h12H,3-11H2,1-2H3,(H,17,19). The molecule has 0 aromatic rings. The number of hydrogen-bond acceptors (Lipinski definition) is 3. The summed E-state index contributed by atoms with van der Waals surface area (Å²) in [4.78, 5) is 28.0. The Bertz CT molecular complexity index is 444. The van der Waals surface area contributed by atoms with E-state index < -0.39 is 11.1 Å². The second-order valence-electron chi connectivity index (χ2n) is 6.97. The lowest BCUT2D eigenvalue weighted by Crippen LogP contribution is -2.76. The predicted octanol–water partition coefficient (Wildman–Crippen LogP) is 2.18. The van der Waals surface area contributed by atoms with E-state index in [4.69, 9.17) is 0 Å². The molecule has 0 aromatic carbocycles. The Labute approximate surface area is 131 Å². The van der Waals surface area contributed by atoms with Gasteiger partial charge in [-0.1, -0.05) is 19.3 Å². The summed E-state index contributed by atoms with van der Waals surface area (Å²) < 4.78 is 0. The largest absolute Gasteiger partial charge is 0.340 e. The average Bonchev–Trinajstić information content (AvgIpc) is 3.32. The first-order valence-corrected chi connectivity index (χ1v) is 9.57. The summed E-state index contributed by atoms with van der Waals surface area (Å²) >= 11 is 1.74. The van der Waals surface area contributed by atoms with Crippen LogP contribution in [0.15, 0.2) is 0 Å². The first-order chi connectivity index (χ1) is 10.0. The first kappa shape index (κ1) is 15.2. The second-order valence-corrected chi connectivity index (χ2v) is 7.96. The van der Waals surface area contributed by atoms with Gasteiger partial charge in [0.1, 0.15) is 11.1 Å². The Balaban J connectivity index is 1.92. The van der Waals surface area contributed by atoms with Gasteiger partial charge < -0.3 is 10.2 Å². The third-order valence-electron chi connectivity index (χ3n) is 5.60. The number of carbonyl (C=O) groups excluding carboxylic acids is 2. The maximum Gasteiger partial charge on any atom is 0.249 e. The zero-order valence-corrected chi connectivity index (χ0v) is 13.9. The topological polar surface area (TPSA) is 49.4 Å².